The van der Waals surface area contributed by atoms with Gasteiger partial charge in [0.1, 0.15) is 5.00 Å². The zero-order valence-corrected chi connectivity index (χ0v) is 17.5. The van der Waals surface area contributed by atoms with Crippen LogP contribution in [0.15, 0.2) is 42.5 Å². The Morgan fingerprint density at radius 2 is 1.93 bits per heavy atom. The highest BCUT2D eigenvalue weighted by Gasteiger charge is 2.27. The normalized spacial score (nSPS) is 14.2. The van der Waals surface area contributed by atoms with Crippen molar-refractivity contribution in [2.45, 2.75) is 38.8 Å². The van der Waals surface area contributed by atoms with Gasteiger partial charge in [-0.3, -0.25) is 14.5 Å². The van der Waals surface area contributed by atoms with Crippen LogP contribution >= 0.6 is 11.3 Å². The van der Waals surface area contributed by atoms with Crippen LogP contribution in [0, 0.1) is 0 Å². The largest absolute Gasteiger partial charge is 0.365 e. The molecule has 0 saturated heterocycles. The van der Waals surface area contributed by atoms with Crippen LogP contribution in [0.3, 0.4) is 0 Å². The van der Waals surface area contributed by atoms with E-state index >= 15 is 0 Å². The first-order chi connectivity index (χ1) is 13.9. The summed E-state index contributed by atoms with van der Waals surface area (Å²) in [5, 5.41) is 5.94. The number of nitrogens with two attached hydrogens (primary N) is 1. The van der Waals surface area contributed by atoms with Gasteiger partial charge in [0.05, 0.1) is 11.6 Å². The standard InChI is InChI=1S/C23H25N3O2S/c1-14(26(2)13-15-10-11-16-6-3-4-7-17(16)12-15)22(28)25-23-20(21(24)27)18-8-5-9-19(18)29-23/h3-4,6-7,10-12,14H,5,8-9,13H2,1-2H3,(H2,24,27)(H,25,28)/t14-/m1/s1. The molecule has 150 valence electrons. The van der Waals surface area contributed by atoms with Crippen molar-refractivity contribution in [3.63, 3.8) is 0 Å². The summed E-state index contributed by atoms with van der Waals surface area (Å²) in [4.78, 5) is 28.0. The van der Waals surface area contributed by atoms with Crippen LogP contribution in [-0.2, 0) is 24.2 Å². The Labute approximate surface area is 174 Å². The van der Waals surface area contributed by atoms with Crippen molar-refractivity contribution in [1.82, 2.24) is 4.90 Å². The smallest absolute Gasteiger partial charge is 0.251 e. The maximum Gasteiger partial charge on any atom is 0.251 e. The molecule has 0 spiro atoms. The molecule has 29 heavy (non-hydrogen) atoms. The maximum absolute atomic E-state index is 12.9. The fourth-order valence-electron chi connectivity index (χ4n) is 3.93. The number of anilines is 1. The lowest BCUT2D eigenvalue weighted by Gasteiger charge is -2.24. The average Bonchev–Trinajstić information content (AvgIpc) is 3.27. The summed E-state index contributed by atoms with van der Waals surface area (Å²) in [6, 6.07) is 14.3. The third kappa shape index (κ3) is 3.91. The van der Waals surface area contributed by atoms with Gasteiger partial charge in [-0.05, 0) is 61.2 Å². The van der Waals surface area contributed by atoms with E-state index in [2.05, 4.69) is 35.6 Å². The molecule has 1 aliphatic carbocycles. The van der Waals surface area contributed by atoms with Gasteiger partial charge in [0, 0.05) is 11.4 Å². The number of primary amides is 1. The molecule has 3 N–H and O–H groups in total. The summed E-state index contributed by atoms with van der Waals surface area (Å²) in [6.45, 7) is 2.53. The fraction of sp³-hybridized carbons (Fsp3) is 0.304. The van der Waals surface area contributed by atoms with E-state index in [9.17, 15) is 9.59 Å². The van der Waals surface area contributed by atoms with E-state index in [1.807, 2.05) is 31.0 Å². The van der Waals surface area contributed by atoms with Gasteiger partial charge in [-0.2, -0.15) is 0 Å². The van der Waals surface area contributed by atoms with Crippen molar-refractivity contribution in [2.75, 3.05) is 12.4 Å². The number of likely N-dealkylation sites (N-methyl/N-ethyl adjacent to an activating group) is 1. The predicted molar refractivity (Wildman–Crippen MR) is 118 cm³/mol. The van der Waals surface area contributed by atoms with Gasteiger partial charge in [0.15, 0.2) is 0 Å². The number of nitrogens with one attached hydrogen (secondary N) is 1. The zero-order valence-electron chi connectivity index (χ0n) is 16.7. The number of nitrogens with zero attached hydrogens (tertiary/aromatic N) is 1. The average molecular weight is 408 g/mol. The monoisotopic (exact) mass is 407 g/mol. The number of thiophene rings is 1. The van der Waals surface area contributed by atoms with Crippen molar-refractivity contribution in [3.8, 4) is 0 Å². The number of hydrogen-bond acceptors (Lipinski definition) is 4. The van der Waals surface area contributed by atoms with Crippen molar-refractivity contribution in [3.05, 3.63) is 64.0 Å². The minimum Gasteiger partial charge on any atom is -0.365 e. The van der Waals surface area contributed by atoms with Gasteiger partial charge in [-0.15, -0.1) is 11.3 Å². The van der Waals surface area contributed by atoms with Crippen LogP contribution in [-0.4, -0.2) is 29.8 Å². The van der Waals surface area contributed by atoms with Gasteiger partial charge in [0.2, 0.25) is 5.91 Å². The second-order valence-corrected chi connectivity index (χ2v) is 8.79. The van der Waals surface area contributed by atoms with Gasteiger partial charge in [0.25, 0.3) is 5.91 Å². The molecule has 0 radical (unpaired) electrons. The van der Waals surface area contributed by atoms with Gasteiger partial charge in [-0.25, -0.2) is 0 Å². The Bertz CT molecular complexity index is 1090. The summed E-state index contributed by atoms with van der Waals surface area (Å²) in [6.07, 6.45) is 2.85. The molecule has 1 atom stereocenters. The molecule has 2 aromatic carbocycles. The lowest BCUT2D eigenvalue weighted by Crippen LogP contribution is -2.39. The second-order valence-electron chi connectivity index (χ2n) is 7.69. The molecule has 3 aromatic rings. The third-order valence-electron chi connectivity index (χ3n) is 5.69. The van der Waals surface area contributed by atoms with Crippen molar-refractivity contribution < 1.29 is 9.59 Å². The Balaban J connectivity index is 1.47. The highest BCUT2D eigenvalue weighted by molar-refractivity contribution is 7.17. The van der Waals surface area contributed by atoms with E-state index in [0.717, 1.165) is 30.4 Å². The van der Waals surface area contributed by atoms with E-state index in [0.29, 0.717) is 17.1 Å². The van der Waals surface area contributed by atoms with E-state index < -0.39 is 5.91 Å². The first-order valence-corrected chi connectivity index (χ1v) is 10.7. The molecule has 0 bridgehead atoms. The molecule has 0 fully saturated rings. The van der Waals surface area contributed by atoms with Crippen LogP contribution in [0.5, 0.6) is 0 Å². The first-order valence-electron chi connectivity index (χ1n) is 9.87. The minimum atomic E-state index is -0.461. The molecule has 1 aromatic heterocycles. The number of carbonyl (C=O) groups excluding carboxylic acids is 2. The molecule has 1 heterocycles. The van der Waals surface area contributed by atoms with Gasteiger partial charge >= 0.3 is 0 Å². The van der Waals surface area contributed by atoms with Crippen LogP contribution < -0.4 is 11.1 Å². The zero-order chi connectivity index (χ0) is 20.5. The van der Waals surface area contributed by atoms with Crippen molar-refractivity contribution in [2.24, 2.45) is 5.73 Å². The molecule has 5 nitrogen and oxygen atoms in total. The summed E-state index contributed by atoms with van der Waals surface area (Å²) >= 11 is 1.49. The maximum atomic E-state index is 12.9. The highest BCUT2D eigenvalue weighted by atomic mass is 32.1. The van der Waals surface area contributed by atoms with Gasteiger partial charge in [-0.1, -0.05) is 36.4 Å². The number of benzene rings is 2. The molecule has 0 saturated carbocycles. The number of rotatable bonds is 6. The SMILES string of the molecule is C[C@H](C(=O)Nc1sc2c(c1C(N)=O)CCC2)N(C)Cc1ccc2ccccc2c1. The first kappa shape index (κ1) is 19.6. The van der Waals surface area contributed by atoms with E-state index in [4.69, 9.17) is 5.73 Å². The molecule has 1 aliphatic rings. The topological polar surface area (TPSA) is 75.4 Å². The van der Waals surface area contributed by atoms with E-state index in [1.54, 1.807) is 0 Å². The second kappa shape index (κ2) is 7.97. The third-order valence-corrected chi connectivity index (χ3v) is 6.90. The lowest BCUT2D eigenvalue weighted by molar-refractivity contribution is -0.120. The quantitative estimate of drug-likeness (QED) is 0.650. The van der Waals surface area contributed by atoms with Crippen LogP contribution in [0.1, 0.15) is 39.7 Å². The van der Waals surface area contributed by atoms with Crippen LogP contribution in [0.2, 0.25) is 0 Å². The van der Waals surface area contributed by atoms with Crippen LogP contribution in [0.25, 0.3) is 10.8 Å². The van der Waals surface area contributed by atoms with E-state index in [1.165, 1.54) is 27.0 Å². The lowest BCUT2D eigenvalue weighted by atomic mass is 10.1. The van der Waals surface area contributed by atoms with Crippen LogP contribution in [0.4, 0.5) is 5.00 Å². The fourth-order valence-corrected chi connectivity index (χ4v) is 5.23. The molecule has 0 aliphatic heterocycles. The molecular formula is C23H25N3O2S. The molecule has 6 heteroatoms. The molecular weight excluding hydrogens is 382 g/mol. The molecule has 0 unspecified atom stereocenters. The molecule has 2 amide bonds. The van der Waals surface area contributed by atoms with Crippen molar-refractivity contribution >= 4 is 38.9 Å². The number of fused-ring (bicyclic) bond motifs is 2. The summed E-state index contributed by atoms with van der Waals surface area (Å²) in [7, 11) is 1.93. The minimum absolute atomic E-state index is 0.129. The summed E-state index contributed by atoms with van der Waals surface area (Å²) in [5.74, 6) is -0.590. The number of hydrogen-bond donors (Lipinski definition) is 2. The Morgan fingerprint density at radius 3 is 2.69 bits per heavy atom. The van der Waals surface area contributed by atoms with E-state index in [-0.39, 0.29) is 11.9 Å². The van der Waals surface area contributed by atoms with Crippen molar-refractivity contribution in [1.29, 1.82) is 0 Å². The highest BCUT2D eigenvalue weighted by Crippen LogP contribution is 2.38. The Hall–Kier alpha value is -2.70. The summed E-state index contributed by atoms with van der Waals surface area (Å²) < 4.78 is 0. The van der Waals surface area contributed by atoms with Gasteiger partial charge < -0.3 is 11.1 Å². The predicted octanol–water partition coefficient (Wildman–Crippen LogP) is 3.95. The number of amides is 2. The Morgan fingerprint density at radius 1 is 1.17 bits per heavy atom. The molecule has 4 rings (SSSR count). The Kier molecular flexibility index (Phi) is 5.39. The summed E-state index contributed by atoms with van der Waals surface area (Å²) in [5.41, 5.74) is 8.27. The number of aryl methyl sites for hydroxylation is 1. The number of carbonyl (C=O) groups is 2.